The molecule has 2 aromatic carbocycles. The Hall–Kier alpha value is -1.44. The molecule has 3 aromatic rings. The maximum Gasteiger partial charge on any atom is 0.283 e. The van der Waals surface area contributed by atoms with Crippen LogP contribution in [0.4, 0.5) is 5.69 Å². The number of hydrogen-bond acceptors (Lipinski definition) is 5. The lowest BCUT2D eigenvalue weighted by molar-refractivity contribution is -0.385. The lowest BCUT2D eigenvalue weighted by Crippen LogP contribution is -1.91. The molecule has 0 spiro atoms. The Morgan fingerprint density at radius 3 is 2.86 bits per heavy atom. The maximum atomic E-state index is 10.9. The summed E-state index contributed by atoms with van der Waals surface area (Å²) >= 11 is 6.43. The lowest BCUT2D eigenvalue weighted by atomic mass is 10.2. The smallest absolute Gasteiger partial charge is 0.258 e. The van der Waals surface area contributed by atoms with Crippen molar-refractivity contribution in [3.8, 4) is 0 Å². The third kappa shape index (κ3) is 3.25. The van der Waals surface area contributed by atoms with E-state index in [1.165, 1.54) is 0 Å². The minimum Gasteiger partial charge on any atom is -0.258 e. The third-order valence-electron chi connectivity index (χ3n) is 2.84. The fraction of sp³-hybridized carbons (Fsp3) is 0.0714. The van der Waals surface area contributed by atoms with Crippen LogP contribution in [0.25, 0.3) is 10.2 Å². The Kier molecular flexibility index (Phi) is 4.23. The molecule has 21 heavy (non-hydrogen) atoms. The second kappa shape index (κ2) is 6.13. The van der Waals surface area contributed by atoms with E-state index < -0.39 is 0 Å². The number of halogens is 1. The molecule has 0 fully saturated rings. The summed E-state index contributed by atoms with van der Waals surface area (Å²) < 4.78 is 2.63. The van der Waals surface area contributed by atoms with E-state index in [0.717, 1.165) is 20.1 Å². The van der Waals surface area contributed by atoms with Crippen LogP contribution < -0.4 is 0 Å². The van der Waals surface area contributed by atoms with E-state index in [9.17, 15) is 10.1 Å². The standard InChI is InChI=1S/C14H9BrN2O2S2/c15-10-6-5-9(7-12(10)17(18)19)8-20-14-16-11-3-1-2-4-13(11)21-14/h1-7H,8H2. The zero-order valence-electron chi connectivity index (χ0n) is 10.7. The second-order valence-corrected chi connectivity index (χ2v) is 7.39. The summed E-state index contributed by atoms with van der Waals surface area (Å²) in [5, 5.41) is 10.9. The topological polar surface area (TPSA) is 56.0 Å². The van der Waals surface area contributed by atoms with Crippen LogP contribution >= 0.6 is 39.0 Å². The predicted octanol–water partition coefficient (Wildman–Crippen LogP) is 5.26. The predicted molar refractivity (Wildman–Crippen MR) is 90.0 cm³/mol. The minimum absolute atomic E-state index is 0.0948. The summed E-state index contributed by atoms with van der Waals surface area (Å²) in [6.07, 6.45) is 0. The van der Waals surface area contributed by atoms with Crippen LogP contribution in [0.3, 0.4) is 0 Å². The Labute approximate surface area is 137 Å². The van der Waals surface area contributed by atoms with Gasteiger partial charge in [0.05, 0.1) is 19.6 Å². The molecule has 0 N–H and O–H groups in total. The normalized spacial score (nSPS) is 10.9. The van der Waals surface area contributed by atoms with Gasteiger partial charge in [-0.2, -0.15) is 0 Å². The van der Waals surface area contributed by atoms with Crippen LogP contribution in [0.1, 0.15) is 5.56 Å². The van der Waals surface area contributed by atoms with Gasteiger partial charge in [0.2, 0.25) is 0 Å². The van der Waals surface area contributed by atoms with E-state index in [1.54, 1.807) is 35.2 Å². The number of fused-ring (bicyclic) bond motifs is 1. The monoisotopic (exact) mass is 380 g/mol. The SMILES string of the molecule is O=[N+]([O-])c1cc(CSc2nc3ccccc3s2)ccc1Br. The minimum atomic E-state index is -0.379. The number of nitro groups is 1. The number of nitro benzene ring substituents is 1. The van der Waals surface area contributed by atoms with Gasteiger partial charge in [0.25, 0.3) is 5.69 Å². The molecule has 0 saturated heterocycles. The summed E-state index contributed by atoms with van der Waals surface area (Å²) in [4.78, 5) is 15.1. The van der Waals surface area contributed by atoms with Crippen molar-refractivity contribution >= 4 is 54.9 Å². The molecule has 0 aliphatic heterocycles. The van der Waals surface area contributed by atoms with Crippen molar-refractivity contribution in [2.24, 2.45) is 0 Å². The molecular weight excluding hydrogens is 372 g/mol. The highest BCUT2D eigenvalue weighted by Gasteiger charge is 2.13. The van der Waals surface area contributed by atoms with Gasteiger partial charge in [-0.15, -0.1) is 11.3 Å². The van der Waals surface area contributed by atoms with E-state index in [0.29, 0.717) is 10.2 Å². The van der Waals surface area contributed by atoms with Gasteiger partial charge >= 0.3 is 0 Å². The first-order valence-electron chi connectivity index (χ1n) is 6.04. The number of thiazole rings is 1. The zero-order chi connectivity index (χ0) is 14.8. The summed E-state index contributed by atoms with van der Waals surface area (Å²) in [7, 11) is 0. The molecule has 0 unspecified atom stereocenters. The number of thioether (sulfide) groups is 1. The molecule has 0 radical (unpaired) electrons. The maximum absolute atomic E-state index is 10.9. The fourth-order valence-corrected chi connectivity index (χ4v) is 4.25. The Morgan fingerprint density at radius 1 is 1.29 bits per heavy atom. The van der Waals surface area contributed by atoms with E-state index in [-0.39, 0.29) is 10.6 Å². The first kappa shape index (κ1) is 14.5. The number of rotatable bonds is 4. The van der Waals surface area contributed by atoms with Crippen molar-refractivity contribution in [1.82, 2.24) is 4.98 Å². The molecule has 3 rings (SSSR count). The molecule has 1 heterocycles. The van der Waals surface area contributed by atoms with Crippen molar-refractivity contribution < 1.29 is 4.92 Å². The molecule has 0 bridgehead atoms. The molecule has 1 aromatic heterocycles. The fourth-order valence-electron chi connectivity index (χ4n) is 1.85. The van der Waals surface area contributed by atoms with Gasteiger partial charge < -0.3 is 0 Å². The first-order chi connectivity index (χ1) is 10.1. The molecule has 4 nitrogen and oxygen atoms in total. The van der Waals surface area contributed by atoms with E-state index >= 15 is 0 Å². The molecule has 0 atom stereocenters. The number of hydrogen-bond donors (Lipinski definition) is 0. The van der Waals surface area contributed by atoms with Crippen LogP contribution in [0.5, 0.6) is 0 Å². The first-order valence-corrected chi connectivity index (χ1v) is 8.64. The van der Waals surface area contributed by atoms with Gasteiger partial charge in [-0.25, -0.2) is 4.98 Å². The summed E-state index contributed by atoms with van der Waals surface area (Å²) in [6.45, 7) is 0. The average Bonchev–Trinajstić information content (AvgIpc) is 2.89. The summed E-state index contributed by atoms with van der Waals surface area (Å²) in [6, 6.07) is 13.2. The molecule has 0 amide bonds. The van der Waals surface area contributed by atoms with Crippen LogP contribution in [-0.4, -0.2) is 9.91 Å². The van der Waals surface area contributed by atoms with Gasteiger partial charge in [0, 0.05) is 11.8 Å². The molecular formula is C14H9BrN2O2S2. The zero-order valence-corrected chi connectivity index (χ0v) is 13.9. The van der Waals surface area contributed by atoms with Crippen LogP contribution in [-0.2, 0) is 5.75 Å². The Bertz CT molecular complexity index is 787. The Balaban J connectivity index is 1.78. The summed E-state index contributed by atoms with van der Waals surface area (Å²) in [5.41, 5.74) is 2.00. The van der Waals surface area contributed by atoms with Crippen LogP contribution in [0, 0.1) is 10.1 Å². The van der Waals surface area contributed by atoms with Gasteiger partial charge in [-0.3, -0.25) is 10.1 Å². The molecule has 0 aliphatic carbocycles. The highest BCUT2D eigenvalue weighted by Crippen LogP contribution is 2.33. The summed E-state index contributed by atoms with van der Waals surface area (Å²) in [5.74, 6) is 0.661. The van der Waals surface area contributed by atoms with Crippen molar-refractivity contribution in [3.63, 3.8) is 0 Å². The number of para-hydroxylation sites is 1. The van der Waals surface area contributed by atoms with E-state index in [2.05, 4.69) is 20.9 Å². The molecule has 106 valence electrons. The quantitative estimate of drug-likeness (QED) is 0.351. The van der Waals surface area contributed by atoms with Crippen LogP contribution in [0.15, 0.2) is 51.3 Å². The van der Waals surface area contributed by atoms with E-state index in [1.807, 2.05) is 30.3 Å². The molecule has 0 aliphatic rings. The van der Waals surface area contributed by atoms with Gasteiger partial charge in [0.15, 0.2) is 4.34 Å². The average molecular weight is 381 g/mol. The van der Waals surface area contributed by atoms with Gasteiger partial charge in [0.1, 0.15) is 0 Å². The highest BCUT2D eigenvalue weighted by molar-refractivity contribution is 9.10. The number of aromatic nitrogens is 1. The molecule has 7 heteroatoms. The van der Waals surface area contributed by atoms with Crippen molar-refractivity contribution in [2.75, 3.05) is 0 Å². The van der Waals surface area contributed by atoms with Gasteiger partial charge in [-0.1, -0.05) is 30.0 Å². The Morgan fingerprint density at radius 2 is 2.10 bits per heavy atom. The number of nitrogens with zero attached hydrogens (tertiary/aromatic N) is 2. The van der Waals surface area contributed by atoms with Crippen molar-refractivity contribution in [1.29, 1.82) is 0 Å². The highest BCUT2D eigenvalue weighted by atomic mass is 79.9. The molecule has 0 saturated carbocycles. The van der Waals surface area contributed by atoms with Crippen molar-refractivity contribution in [2.45, 2.75) is 10.1 Å². The van der Waals surface area contributed by atoms with Gasteiger partial charge in [-0.05, 0) is 39.7 Å². The number of benzene rings is 2. The van der Waals surface area contributed by atoms with Crippen LogP contribution in [0.2, 0.25) is 0 Å². The second-order valence-electron chi connectivity index (χ2n) is 4.28. The lowest BCUT2D eigenvalue weighted by Gasteiger charge is -2.01. The van der Waals surface area contributed by atoms with E-state index in [4.69, 9.17) is 0 Å². The van der Waals surface area contributed by atoms with Crippen molar-refractivity contribution in [3.05, 3.63) is 62.6 Å². The largest absolute Gasteiger partial charge is 0.283 e. The third-order valence-corrected chi connectivity index (χ3v) is 5.76.